The van der Waals surface area contributed by atoms with Gasteiger partial charge in [-0.1, -0.05) is 0 Å². The van der Waals surface area contributed by atoms with Crippen LogP contribution in [0.2, 0.25) is 0 Å². The van der Waals surface area contributed by atoms with E-state index in [1.807, 2.05) is 0 Å². The van der Waals surface area contributed by atoms with Crippen molar-refractivity contribution in [3.8, 4) is 0 Å². The number of nitrogens with one attached hydrogen (secondary N) is 2. The van der Waals surface area contributed by atoms with Gasteiger partial charge in [0, 0.05) is 6.20 Å². The second-order valence-corrected chi connectivity index (χ2v) is 4.58. The molecule has 2 aromatic rings. The van der Waals surface area contributed by atoms with Crippen molar-refractivity contribution >= 4 is 23.2 Å². The van der Waals surface area contributed by atoms with Gasteiger partial charge < -0.3 is 10.4 Å². The highest BCUT2D eigenvalue weighted by molar-refractivity contribution is 7.13. The lowest BCUT2D eigenvalue weighted by atomic mass is 10.3. The number of hydrogen-bond acceptors (Lipinski definition) is 5. The highest BCUT2D eigenvalue weighted by Crippen LogP contribution is 2.17. The molecular formula is C10H10N4O3S. The lowest BCUT2D eigenvalue weighted by Crippen LogP contribution is -2.22. The lowest BCUT2D eigenvalue weighted by molar-refractivity contribution is 0.0701. The molecule has 2 heterocycles. The Morgan fingerprint density at radius 1 is 1.56 bits per heavy atom. The number of aryl methyl sites for hydroxylation is 1. The van der Waals surface area contributed by atoms with E-state index >= 15 is 0 Å². The zero-order chi connectivity index (χ0) is 13.1. The molecule has 0 fully saturated rings. The molecule has 2 rings (SSSR count). The van der Waals surface area contributed by atoms with Crippen LogP contribution < -0.4 is 5.32 Å². The molecule has 7 nitrogen and oxygen atoms in total. The minimum Gasteiger partial charge on any atom is -0.477 e. The fraction of sp³-hybridized carbons (Fsp3) is 0.200. The van der Waals surface area contributed by atoms with Crippen molar-refractivity contribution in [3.05, 3.63) is 33.5 Å². The number of carbonyl (C=O) groups excluding carboxylic acids is 1. The third-order valence-corrected chi connectivity index (χ3v) is 3.34. The van der Waals surface area contributed by atoms with Crippen LogP contribution in [0.5, 0.6) is 0 Å². The van der Waals surface area contributed by atoms with Gasteiger partial charge in [0.25, 0.3) is 5.91 Å². The highest BCUT2D eigenvalue weighted by Gasteiger charge is 2.14. The van der Waals surface area contributed by atoms with Crippen LogP contribution in [0.4, 0.5) is 0 Å². The maximum atomic E-state index is 11.6. The summed E-state index contributed by atoms with van der Waals surface area (Å²) in [5.41, 5.74) is 0.877. The molecule has 0 aliphatic carbocycles. The van der Waals surface area contributed by atoms with E-state index in [-0.39, 0.29) is 17.3 Å². The minimum atomic E-state index is -1.00. The normalized spacial score (nSPS) is 10.3. The van der Waals surface area contributed by atoms with Crippen LogP contribution in [0.25, 0.3) is 0 Å². The number of aromatic amines is 1. The Balaban J connectivity index is 2.01. The van der Waals surface area contributed by atoms with Crippen LogP contribution >= 0.6 is 11.3 Å². The van der Waals surface area contributed by atoms with Gasteiger partial charge in [-0.25, -0.2) is 9.78 Å². The molecular weight excluding hydrogens is 256 g/mol. The van der Waals surface area contributed by atoms with Crippen molar-refractivity contribution in [3.63, 3.8) is 0 Å². The van der Waals surface area contributed by atoms with Crippen LogP contribution in [0.3, 0.4) is 0 Å². The Kier molecular flexibility index (Phi) is 3.38. The number of aromatic carboxylic acids is 1. The number of carbonyl (C=O) groups is 2. The predicted octanol–water partition coefficient (Wildman–Crippen LogP) is 0.803. The van der Waals surface area contributed by atoms with E-state index in [2.05, 4.69) is 20.5 Å². The van der Waals surface area contributed by atoms with Gasteiger partial charge in [-0.15, -0.1) is 11.3 Å². The summed E-state index contributed by atoms with van der Waals surface area (Å²) >= 11 is 1.06. The smallest absolute Gasteiger partial charge is 0.347 e. The summed E-state index contributed by atoms with van der Waals surface area (Å²) in [5.74, 6) is -1.29. The van der Waals surface area contributed by atoms with E-state index < -0.39 is 5.97 Å². The van der Waals surface area contributed by atoms with Crippen LogP contribution in [-0.4, -0.2) is 32.2 Å². The minimum absolute atomic E-state index is 0.197. The average Bonchev–Trinajstić information content (AvgIpc) is 2.94. The number of rotatable bonds is 4. The molecule has 0 aliphatic heterocycles. The van der Waals surface area contributed by atoms with Gasteiger partial charge in [-0.2, -0.15) is 5.10 Å². The number of carboxylic acids is 1. The number of aromatic nitrogens is 3. The van der Waals surface area contributed by atoms with Crippen molar-refractivity contribution in [1.29, 1.82) is 0 Å². The standard InChI is InChI=1S/C10H10N4O3S/c1-5-8(10(16)17)18-7(14-5)4-11-9(15)6-2-12-13-3-6/h2-3H,4H2,1H3,(H,11,15)(H,12,13)(H,16,17). The average molecular weight is 266 g/mol. The molecule has 8 heteroatoms. The summed E-state index contributed by atoms with van der Waals surface area (Å²) in [5, 5.41) is 18.3. The first-order valence-electron chi connectivity index (χ1n) is 5.04. The molecule has 94 valence electrons. The van der Waals surface area contributed by atoms with Gasteiger partial charge in [0.05, 0.1) is 24.0 Å². The topological polar surface area (TPSA) is 108 Å². The number of H-pyrrole nitrogens is 1. The summed E-state index contributed by atoms with van der Waals surface area (Å²) in [6.45, 7) is 1.82. The molecule has 0 aromatic carbocycles. The van der Waals surface area contributed by atoms with Crippen LogP contribution in [0, 0.1) is 6.92 Å². The van der Waals surface area contributed by atoms with Crippen molar-refractivity contribution in [2.75, 3.05) is 0 Å². The number of nitrogens with zero attached hydrogens (tertiary/aromatic N) is 2. The molecule has 1 amide bonds. The molecule has 3 N–H and O–H groups in total. The second kappa shape index (κ2) is 4.96. The molecule has 0 saturated heterocycles. The van der Waals surface area contributed by atoms with E-state index in [1.165, 1.54) is 12.4 Å². The largest absolute Gasteiger partial charge is 0.477 e. The lowest BCUT2D eigenvalue weighted by Gasteiger charge is -1.99. The van der Waals surface area contributed by atoms with E-state index in [9.17, 15) is 9.59 Å². The van der Waals surface area contributed by atoms with E-state index in [4.69, 9.17) is 5.11 Å². The van der Waals surface area contributed by atoms with Gasteiger partial charge in [-0.3, -0.25) is 9.89 Å². The van der Waals surface area contributed by atoms with Gasteiger partial charge in [0.2, 0.25) is 0 Å². The van der Waals surface area contributed by atoms with Gasteiger partial charge in [0.1, 0.15) is 9.88 Å². The van der Waals surface area contributed by atoms with Gasteiger partial charge in [0.15, 0.2) is 0 Å². The maximum absolute atomic E-state index is 11.6. The quantitative estimate of drug-likeness (QED) is 0.758. The molecule has 0 saturated carbocycles. The summed E-state index contributed by atoms with van der Waals surface area (Å²) in [4.78, 5) is 26.7. The Morgan fingerprint density at radius 3 is 2.89 bits per heavy atom. The number of thiazole rings is 1. The Hall–Kier alpha value is -2.22. The van der Waals surface area contributed by atoms with E-state index in [1.54, 1.807) is 6.92 Å². The molecule has 0 radical (unpaired) electrons. The molecule has 0 spiro atoms. The first-order valence-corrected chi connectivity index (χ1v) is 5.86. The molecule has 0 atom stereocenters. The van der Waals surface area contributed by atoms with Gasteiger partial charge in [-0.05, 0) is 6.92 Å². The van der Waals surface area contributed by atoms with E-state index in [0.29, 0.717) is 16.3 Å². The van der Waals surface area contributed by atoms with Crippen LogP contribution in [-0.2, 0) is 6.54 Å². The Labute approximate surface area is 106 Å². The second-order valence-electron chi connectivity index (χ2n) is 3.50. The molecule has 18 heavy (non-hydrogen) atoms. The highest BCUT2D eigenvalue weighted by atomic mass is 32.1. The fourth-order valence-corrected chi connectivity index (χ4v) is 2.20. The van der Waals surface area contributed by atoms with E-state index in [0.717, 1.165) is 11.3 Å². The van der Waals surface area contributed by atoms with Crippen LogP contribution in [0.15, 0.2) is 12.4 Å². The molecule has 2 aromatic heterocycles. The zero-order valence-electron chi connectivity index (χ0n) is 9.43. The third kappa shape index (κ3) is 2.54. The monoisotopic (exact) mass is 266 g/mol. The van der Waals surface area contributed by atoms with Crippen molar-refractivity contribution in [2.45, 2.75) is 13.5 Å². The number of hydrogen-bond donors (Lipinski definition) is 3. The summed E-state index contributed by atoms with van der Waals surface area (Å²) in [7, 11) is 0. The zero-order valence-corrected chi connectivity index (χ0v) is 10.2. The maximum Gasteiger partial charge on any atom is 0.347 e. The fourth-order valence-electron chi connectivity index (χ4n) is 1.36. The third-order valence-electron chi connectivity index (χ3n) is 2.20. The Bertz CT molecular complexity index is 576. The molecule has 0 bridgehead atoms. The SMILES string of the molecule is Cc1nc(CNC(=O)c2cn[nH]c2)sc1C(=O)O. The predicted molar refractivity (Wildman–Crippen MR) is 63.6 cm³/mol. The number of carboxylic acid groups (broad SMARTS) is 1. The van der Waals surface area contributed by atoms with Crippen molar-refractivity contribution in [2.24, 2.45) is 0 Å². The first-order chi connectivity index (χ1) is 8.58. The summed E-state index contributed by atoms with van der Waals surface area (Å²) < 4.78 is 0. The molecule has 0 unspecified atom stereocenters. The number of amides is 1. The molecule has 0 aliphatic rings. The summed E-state index contributed by atoms with van der Waals surface area (Å²) in [6.07, 6.45) is 2.89. The first kappa shape index (κ1) is 12.2. The van der Waals surface area contributed by atoms with Gasteiger partial charge >= 0.3 is 5.97 Å². The van der Waals surface area contributed by atoms with Crippen LogP contribution in [0.1, 0.15) is 30.7 Å². The Morgan fingerprint density at radius 2 is 2.33 bits per heavy atom. The van der Waals surface area contributed by atoms with Crippen molar-refractivity contribution in [1.82, 2.24) is 20.5 Å². The summed E-state index contributed by atoms with van der Waals surface area (Å²) in [6, 6.07) is 0. The van der Waals surface area contributed by atoms with Crippen molar-refractivity contribution < 1.29 is 14.7 Å².